The maximum absolute atomic E-state index is 11.8. The molecule has 0 aliphatic carbocycles. The second-order valence-corrected chi connectivity index (χ2v) is 5.39. The van der Waals surface area contributed by atoms with Crippen LogP contribution in [0.1, 0.15) is 11.4 Å². The van der Waals surface area contributed by atoms with E-state index in [9.17, 15) is 14.9 Å². The molecule has 8 nitrogen and oxygen atoms in total. The molecule has 0 spiro atoms. The zero-order valence-electron chi connectivity index (χ0n) is 13.2. The number of rotatable bonds is 7. The van der Waals surface area contributed by atoms with Gasteiger partial charge >= 0.3 is 11.7 Å². The van der Waals surface area contributed by atoms with E-state index < -0.39 is 10.9 Å². The predicted octanol–water partition coefficient (Wildman–Crippen LogP) is 2.68. The van der Waals surface area contributed by atoms with Gasteiger partial charge in [-0.15, -0.1) is 0 Å². The minimum absolute atomic E-state index is 0.0584. The molecule has 0 saturated carbocycles. The van der Waals surface area contributed by atoms with Crippen molar-refractivity contribution in [1.29, 1.82) is 0 Å². The lowest BCUT2D eigenvalue weighted by Crippen LogP contribution is -2.18. The van der Waals surface area contributed by atoms with Crippen LogP contribution in [0.25, 0.3) is 0 Å². The van der Waals surface area contributed by atoms with Gasteiger partial charge in [0.25, 0.3) is 0 Å². The average Bonchev–Trinajstić information content (AvgIpc) is 2.79. The molecule has 0 aliphatic heterocycles. The Kier molecular flexibility index (Phi) is 5.75. The van der Waals surface area contributed by atoms with Crippen molar-refractivity contribution in [2.75, 3.05) is 13.2 Å². The lowest BCUT2D eigenvalue weighted by molar-refractivity contribution is -0.386. The summed E-state index contributed by atoms with van der Waals surface area (Å²) in [4.78, 5) is 22.2. The second-order valence-electron chi connectivity index (χ2n) is 4.96. The van der Waals surface area contributed by atoms with E-state index in [-0.39, 0.29) is 31.1 Å². The van der Waals surface area contributed by atoms with E-state index in [1.54, 1.807) is 24.3 Å². The molecule has 0 unspecified atom stereocenters. The zero-order chi connectivity index (χ0) is 17.7. The summed E-state index contributed by atoms with van der Waals surface area (Å²) in [5.41, 5.74) is 0.483. The van der Waals surface area contributed by atoms with E-state index in [4.69, 9.17) is 21.1 Å². The van der Waals surface area contributed by atoms with Gasteiger partial charge in [0.1, 0.15) is 36.9 Å². The number of benzene rings is 1. The first-order valence-corrected chi connectivity index (χ1v) is 7.48. The number of aryl methyl sites for hydroxylation is 1. The summed E-state index contributed by atoms with van der Waals surface area (Å²) in [6.45, 7) is 3.11. The normalized spacial score (nSPS) is 10.5. The van der Waals surface area contributed by atoms with E-state index >= 15 is 0 Å². The van der Waals surface area contributed by atoms with Gasteiger partial charge in [-0.1, -0.05) is 11.6 Å². The smallest absolute Gasteiger partial charge is 0.327 e. The molecule has 128 valence electrons. The standard InChI is InChI=1S/C15H16ClN3O5/c1-10-15(19(21)22)11(2)18(17-10)9-14(20)24-8-7-23-13-5-3-12(16)4-6-13/h3-6H,7-9H2,1-2H3. The van der Waals surface area contributed by atoms with Gasteiger partial charge in [0.15, 0.2) is 0 Å². The first-order chi connectivity index (χ1) is 11.4. The Morgan fingerprint density at radius 3 is 2.54 bits per heavy atom. The fraction of sp³-hybridized carbons (Fsp3) is 0.333. The molecule has 1 heterocycles. The number of aromatic nitrogens is 2. The first-order valence-electron chi connectivity index (χ1n) is 7.11. The summed E-state index contributed by atoms with van der Waals surface area (Å²) in [5, 5.41) is 15.5. The maximum atomic E-state index is 11.8. The molecule has 0 amide bonds. The molecule has 9 heteroatoms. The van der Waals surface area contributed by atoms with Gasteiger partial charge in [0.05, 0.1) is 4.92 Å². The third-order valence-corrected chi connectivity index (χ3v) is 3.49. The first kappa shape index (κ1) is 17.7. The summed E-state index contributed by atoms with van der Waals surface area (Å²) in [6.07, 6.45) is 0. The zero-order valence-corrected chi connectivity index (χ0v) is 13.9. The molecule has 0 radical (unpaired) electrons. The van der Waals surface area contributed by atoms with Crippen molar-refractivity contribution in [2.45, 2.75) is 20.4 Å². The Labute approximate surface area is 143 Å². The van der Waals surface area contributed by atoms with Crippen LogP contribution in [0.2, 0.25) is 5.02 Å². The molecule has 24 heavy (non-hydrogen) atoms. The molecular formula is C15H16ClN3O5. The third kappa shape index (κ3) is 4.45. The highest BCUT2D eigenvalue weighted by atomic mass is 35.5. The van der Waals surface area contributed by atoms with Gasteiger partial charge in [-0.3, -0.25) is 19.6 Å². The number of halogens is 1. The molecule has 0 bridgehead atoms. The Balaban J connectivity index is 1.80. The molecule has 0 atom stereocenters. The van der Waals surface area contributed by atoms with E-state index in [1.165, 1.54) is 18.5 Å². The summed E-state index contributed by atoms with van der Waals surface area (Å²) < 4.78 is 11.7. The van der Waals surface area contributed by atoms with Gasteiger partial charge in [-0.2, -0.15) is 5.10 Å². The number of nitrogens with zero attached hydrogens (tertiary/aromatic N) is 3. The molecule has 0 fully saturated rings. The summed E-state index contributed by atoms with van der Waals surface area (Å²) in [7, 11) is 0. The third-order valence-electron chi connectivity index (χ3n) is 3.23. The van der Waals surface area contributed by atoms with Gasteiger partial charge in [-0.25, -0.2) is 0 Å². The van der Waals surface area contributed by atoms with Crippen molar-refractivity contribution < 1.29 is 19.2 Å². The van der Waals surface area contributed by atoms with Gasteiger partial charge in [0, 0.05) is 5.02 Å². The van der Waals surface area contributed by atoms with E-state index in [1.807, 2.05) is 0 Å². The number of carbonyl (C=O) groups excluding carboxylic acids is 1. The molecule has 0 N–H and O–H groups in total. The van der Waals surface area contributed by atoms with Crippen molar-refractivity contribution in [3.63, 3.8) is 0 Å². The van der Waals surface area contributed by atoms with Crippen LogP contribution in [0.5, 0.6) is 5.75 Å². The van der Waals surface area contributed by atoms with Crippen LogP contribution in [-0.2, 0) is 16.1 Å². The average molecular weight is 354 g/mol. The number of carbonyl (C=O) groups is 1. The molecule has 1 aromatic carbocycles. The van der Waals surface area contributed by atoms with E-state index in [0.29, 0.717) is 16.5 Å². The van der Waals surface area contributed by atoms with Crippen LogP contribution in [0, 0.1) is 24.0 Å². The van der Waals surface area contributed by atoms with Crippen molar-refractivity contribution >= 4 is 23.3 Å². The summed E-state index contributed by atoms with van der Waals surface area (Å²) in [5.74, 6) is 0.0693. The van der Waals surface area contributed by atoms with Crippen molar-refractivity contribution in [2.24, 2.45) is 0 Å². The largest absolute Gasteiger partial charge is 0.490 e. The van der Waals surface area contributed by atoms with Crippen LogP contribution >= 0.6 is 11.6 Å². The Bertz CT molecular complexity index is 742. The molecule has 1 aromatic heterocycles. The predicted molar refractivity (Wildman–Crippen MR) is 86.3 cm³/mol. The minimum atomic E-state index is -0.546. The summed E-state index contributed by atoms with van der Waals surface area (Å²) in [6, 6.07) is 6.80. The highest BCUT2D eigenvalue weighted by Crippen LogP contribution is 2.21. The fourth-order valence-corrected chi connectivity index (χ4v) is 2.25. The van der Waals surface area contributed by atoms with Crippen LogP contribution in [0.15, 0.2) is 24.3 Å². The van der Waals surface area contributed by atoms with Crippen molar-refractivity contribution in [1.82, 2.24) is 9.78 Å². The Morgan fingerprint density at radius 2 is 1.96 bits per heavy atom. The second kappa shape index (κ2) is 7.78. The maximum Gasteiger partial charge on any atom is 0.327 e. The van der Waals surface area contributed by atoms with Crippen LogP contribution in [0.3, 0.4) is 0 Å². The monoisotopic (exact) mass is 353 g/mol. The Morgan fingerprint density at radius 1 is 1.29 bits per heavy atom. The number of esters is 1. The van der Waals surface area contributed by atoms with E-state index in [2.05, 4.69) is 5.10 Å². The number of ether oxygens (including phenoxy) is 2. The minimum Gasteiger partial charge on any atom is -0.490 e. The lowest BCUT2D eigenvalue weighted by Gasteiger charge is -2.08. The molecule has 0 saturated heterocycles. The number of hydrogen-bond acceptors (Lipinski definition) is 6. The molecular weight excluding hydrogens is 338 g/mol. The highest BCUT2D eigenvalue weighted by Gasteiger charge is 2.22. The van der Waals surface area contributed by atoms with Crippen molar-refractivity contribution in [3.05, 3.63) is 50.8 Å². The van der Waals surface area contributed by atoms with Crippen LogP contribution in [-0.4, -0.2) is 33.9 Å². The Hall–Kier alpha value is -2.61. The fourth-order valence-electron chi connectivity index (χ4n) is 2.12. The lowest BCUT2D eigenvalue weighted by atomic mass is 10.3. The van der Waals surface area contributed by atoms with Crippen LogP contribution in [0.4, 0.5) is 5.69 Å². The van der Waals surface area contributed by atoms with Gasteiger partial charge < -0.3 is 9.47 Å². The van der Waals surface area contributed by atoms with Gasteiger partial charge in [-0.05, 0) is 38.1 Å². The topological polar surface area (TPSA) is 96.5 Å². The SMILES string of the molecule is Cc1nn(CC(=O)OCCOc2ccc(Cl)cc2)c(C)c1[N+](=O)[O-]. The van der Waals surface area contributed by atoms with Gasteiger partial charge in [0.2, 0.25) is 0 Å². The number of hydrogen-bond donors (Lipinski definition) is 0. The molecule has 2 rings (SSSR count). The molecule has 0 aliphatic rings. The highest BCUT2D eigenvalue weighted by molar-refractivity contribution is 6.30. The van der Waals surface area contributed by atoms with Crippen molar-refractivity contribution in [3.8, 4) is 5.75 Å². The van der Waals surface area contributed by atoms with E-state index in [0.717, 1.165) is 0 Å². The van der Waals surface area contributed by atoms with Crippen LogP contribution < -0.4 is 4.74 Å². The quantitative estimate of drug-likeness (QED) is 0.328. The summed E-state index contributed by atoms with van der Waals surface area (Å²) >= 11 is 5.76. The number of nitro groups is 1. The molecule has 2 aromatic rings.